The van der Waals surface area contributed by atoms with Crippen LogP contribution in [0.25, 0.3) is 5.65 Å². The van der Waals surface area contributed by atoms with Gasteiger partial charge in [0, 0.05) is 6.20 Å². The number of rotatable bonds is 5. The Balaban J connectivity index is 2.07. The second kappa shape index (κ2) is 7.35. The van der Waals surface area contributed by atoms with Crippen molar-refractivity contribution in [1.82, 2.24) is 9.38 Å². The molecule has 0 spiro atoms. The van der Waals surface area contributed by atoms with Crippen LogP contribution in [0.3, 0.4) is 0 Å². The molecule has 0 saturated carbocycles. The van der Waals surface area contributed by atoms with E-state index in [9.17, 15) is 9.90 Å². The van der Waals surface area contributed by atoms with Gasteiger partial charge in [0.15, 0.2) is 17.2 Å². The zero-order valence-electron chi connectivity index (χ0n) is 14.9. The molecule has 3 rings (SSSR count). The number of hydrogen-bond donors (Lipinski definition) is 1. The summed E-state index contributed by atoms with van der Waals surface area (Å²) < 4.78 is 6.61. The average Bonchev–Trinajstić information content (AvgIpc) is 2.94. The number of ether oxygens (including phenoxy) is 1. The Morgan fingerprint density at radius 2 is 2.08 bits per heavy atom. The summed E-state index contributed by atoms with van der Waals surface area (Å²) in [7, 11) is 0. The van der Waals surface area contributed by atoms with Crippen LogP contribution in [0.1, 0.15) is 23.7 Å². The minimum Gasteiger partial charge on any atom is -0.504 e. The molecule has 0 aliphatic rings. The fourth-order valence-electron chi connectivity index (χ4n) is 2.59. The van der Waals surface area contributed by atoms with Crippen LogP contribution in [-0.2, 0) is 16.0 Å². The molecule has 2 aromatic heterocycles. The van der Waals surface area contributed by atoms with Crippen molar-refractivity contribution in [1.29, 1.82) is 0 Å². The highest BCUT2D eigenvalue weighted by Gasteiger charge is 2.18. The van der Waals surface area contributed by atoms with Crippen LogP contribution < -0.4 is 0 Å². The number of benzene rings is 1. The summed E-state index contributed by atoms with van der Waals surface area (Å²) in [6.45, 7) is 5.97. The van der Waals surface area contributed by atoms with Gasteiger partial charge < -0.3 is 9.84 Å². The van der Waals surface area contributed by atoms with Crippen molar-refractivity contribution in [2.24, 2.45) is 10.2 Å². The van der Waals surface area contributed by atoms with E-state index in [0.29, 0.717) is 17.2 Å². The summed E-state index contributed by atoms with van der Waals surface area (Å²) in [6.07, 6.45) is 1.67. The fraction of sp³-hybridized carbons (Fsp3) is 0.263. The normalized spacial score (nSPS) is 11.3. The lowest BCUT2D eigenvalue weighted by Gasteiger charge is -2.02. The predicted molar refractivity (Wildman–Crippen MR) is 97.3 cm³/mol. The maximum absolute atomic E-state index is 11.9. The third kappa shape index (κ3) is 3.56. The molecule has 0 unspecified atom stereocenters. The van der Waals surface area contributed by atoms with Gasteiger partial charge in [0.25, 0.3) is 0 Å². The first-order valence-corrected chi connectivity index (χ1v) is 8.33. The predicted octanol–water partition coefficient (Wildman–Crippen LogP) is 4.18. The molecule has 7 heteroatoms. The van der Waals surface area contributed by atoms with Gasteiger partial charge in [-0.15, -0.1) is 10.2 Å². The lowest BCUT2D eigenvalue weighted by Crippen LogP contribution is -2.07. The van der Waals surface area contributed by atoms with Crippen molar-refractivity contribution in [3.63, 3.8) is 0 Å². The zero-order valence-corrected chi connectivity index (χ0v) is 14.9. The van der Waals surface area contributed by atoms with Crippen molar-refractivity contribution in [3.05, 3.63) is 53.3 Å². The summed E-state index contributed by atoms with van der Waals surface area (Å²) in [4.78, 5) is 16.2. The number of imidazole rings is 1. The number of azo groups is 1. The fourth-order valence-corrected chi connectivity index (χ4v) is 2.59. The van der Waals surface area contributed by atoms with Gasteiger partial charge in [-0.3, -0.25) is 9.20 Å². The molecule has 0 fully saturated rings. The lowest BCUT2D eigenvalue weighted by molar-refractivity contribution is -0.142. The molecule has 1 aromatic carbocycles. The number of hydrogen-bond acceptors (Lipinski definition) is 6. The number of aromatic nitrogens is 2. The molecule has 0 bridgehead atoms. The third-order valence-electron chi connectivity index (χ3n) is 3.91. The van der Waals surface area contributed by atoms with Gasteiger partial charge in [0.05, 0.1) is 24.4 Å². The van der Waals surface area contributed by atoms with Gasteiger partial charge in [-0.05, 0) is 50.1 Å². The van der Waals surface area contributed by atoms with E-state index in [1.54, 1.807) is 23.6 Å². The molecule has 2 heterocycles. The molecule has 0 saturated heterocycles. The van der Waals surface area contributed by atoms with Gasteiger partial charge >= 0.3 is 5.97 Å². The smallest absolute Gasteiger partial charge is 0.312 e. The van der Waals surface area contributed by atoms with Gasteiger partial charge in [-0.2, -0.15) is 0 Å². The summed E-state index contributed by atoms with van der Waals surface area (Å²) in [6, 6.07) is 9.12. The van der Waals surface area contributed by atoms with E-state index < -0.39 is 5.97 Å². The van der Waals surface area contributed by atoms with Crippen molar-refractivity contribution >= 4 is 23.1 Å². The first-order chi connectivity index (χ1) is 12.5. The zero-order chi connectivity index (χ0) is 18.7. The Hall–Kier alpha value is -3.22. The van der Waals surface area contributed by atoms with E-state index >= 15 is 0 Å². The molecular formula is C19H20N4O3. The maximum Gasteiger partial charge on any atom is 0.312 e. The molecule has 0 aliphatic heterocycles. The van der Waals surface area contributed by atoms with E-state index in [1.807, 2.05) is 32.0 Å². The average molecular weight is 352 g/mol. The first-order valence-electron chi connectivity index (χ1n) is 8.33. The second-order valence-corrected chi connectivity index (χ2v) is 5.94. The highest BCUT2D eigenvalue weighted by Crippen LogP contribution is 2.29. The number of fused-ring (bicyclic) bond motifs is 1. The van der Waals surface area contributed by atoms with Crippen LogP contribution in [0, 0.1) is 13.8 Å². The SMILES string of the molecule is CCOC(=O)Cc1nc2c(O)cccn2c1N=Nc1cc(C)ccc1C. The molecule has 134 valence electrons. The molecule has 7 nitrogen and oxygen atoms in total. The number of aromatic hydroxyl groups is 1. The van der Waals surface area contributed by atoms with Gasteiger partial charge in [0.2, 0.25) is 0 Å². The number of esters is 1. The van der Waals surface area contributed by atoms with Crippen molar-refractivity contribution < 1.29 is 14.6 Å². The Kier molecular flexibility index (Phi) is 4.97. The maximum atomic E-state index is 11.9. The Morgan fingerprint density at radius 3 is 2.85 bits per heavy atom. The Bertz CT molecular complexity index is 992. The van der Waals surface area contributed by atoms with Gasteiger partial charge in [0.1, 0.15) is 0 Å². The number of pyridine rings is 1. The molecular weight excluding hydrogens is 332 g/mol. The number of aryl methyl sites for hydroxylation is 2. The number of nitrogens with zero attached hydrogens (tertiary/aromatic N) is 4. The van der Waals surface area contributed by atoms with Crippen LogP contribution in [0.4, 0.5) is 11.5 Å². The summed E-state index contributed by atoms with van der Waals surface area (Å²) in [5, 5.41) is 18.7. The van der Waals surface area contributed by atoms with Crippen LogP contribution >= 0.6 is 0 Å². The van der Waals surface area contributed by atoms with Crippen LogP contribution in [-0.4, -0.2) is 27.1 Å². The largest absolute Gasteiger partial charge is 0.504 e. The van der Waals surface area contributed by atoms with E-state index in [1.165, 1.54) is 6.07 Å². The topological polar surface area (TPSA) is 88.5 Å². The number of carbonyl (C=O) groups is 1. The van der Waals surface area contributed by atoms with E-state index in [0.717, 1.165) is 16.8 Å². The Morgan fingerprint density at radius 1 is 1.27 bits per heavy atom. The molecule has 0 atom stereocenters. The molecule has 0 amide bonds. The highest BCUT2D eigenvalue weighted by molar-refractivity contribution is 5.75. The standard InChI is InChI=1S/C19H20N4O3/c1-4-26-17(25)11-15-18(23-9-5-6-16(24)19(23)20-15)22-21-14-10-12(2)7-8-13(14)3/h5-10,24H,4,11H2,1-3H3. The molecule has 3 aromatic rings. The molecule has 0 radical (unpaired) electrons. The van der Waals surface area contributed by atoms with Crippen LogP contribution in [0.2, 0.25) is 0 Å². The molecule has 26 heavy (non-hydrogen) atoms. The van der Waals surface area contributed by atoms with Crippen LogP contribution in [0.15, 0.2) is 46.8 Å². The van der Waals surface area contributed by atoms with Crippen molar-refractivity contribution in [2.75, 3.05) is 6.61 Å². The number of carbonyl (C=O) groups excluding carboxylic acids is 1. The third-order valence-corrected chi connectivity index (χ3v) is 3.91. The quantitative estimate of drug-likeness (QED) is 0.551. The summed E-state index contributed by atoms with van der Waals surface area (Å²) in [5.74, 6) is -0.00534. The molecule has 1 N–H and O–H groups in total. The van der Waals surface area contributed by atoms with E-state index in [-0.39, 0.29) is 18.8 Å². The van der Waals surface area contributed by atoms with Gasteiger partial charge in [-0.1, -0.05) is 12.1 Å². The lowest BCUT2D eigenvalue weighted by atomic mass is 10.1. The van der Waals surface area contributed by atoms with E-state index in [4.69, 9.17) is 4.74 Å². The van der Waals surface area contributed by atoms with Gasteiger partial charge in [-0.25, -0.2) is 4.98 Å². The summed E-state index contributed by atoms with van der Waals surface area (Å²) in [5.41, 5.74) is 3.53. The molecule has 0 aliphatic carbocycles. The minimum absolute atomic E-state index is 0.00537. The van der Waals surface area contributed by atoms with Crippen molar-refractivity contribution in [2.45, 2.75) is 27.2 Å². The van der Waals surface area contributed by atoms with E-state index in [2.05, 4.69) is 15.2 Å². The second-order valence-electron chi connectivity index (χ2n) is 5.94. The highest BCUT2D eigenvalue weighted by atomic mass is 16.5. The Labute approximate surface area is 151 Å². The minimum atomic E-state index is -0.404. The van der Waals surface area contributed by atoms with Crippen molar-refractivity contribution in [3.8, 4) is 5.75 Å². The first kappa shape index (κ1) is 17.6. The van der Waals surface area contributed by atoms with Crippen LogP contribution in [0.5, 0.6) is 5.75 Å². The monoisotopic (exact) mass is 352 g/mol. The summed E-state index contributed by atoms with van der Waals surface area (Å²) >= 11 is 0.